The number of allylic oxidation sites excluding steroid dienone is 3. The van der Waals surface area contributed by atoms with Gasteiger partial charge in [-0.1, -0.05) is 24.3 Å². The van der Waals surface area contributed by atoms with E-state index >= 15 is 0 Å². The normalized spacial score (nSPS) is 26.1. The zero-order valence-electron chi connectivity index (χ0n) is 8.18. The predicted octanol–water partition coefficient (Wildman–Crippen LogP) is 4.09. The molecule has 1 fully saturated rings. The third-order valence-corrected chi connectivity index (χ3v) is 2.75. The van der Waals surface area contributed by atoms with Crippen molar-refractivity contribution < 1.29 is 0 Å². The lowest BCUT2D eigenvalue weighted by Crippen LogP contribution is -1.95. The molecule has 12 heavy (non-hydrogen) atoms. The molecule has 1 atom stereocenters. The Hall–Kier alpha value is -0.520. The number of rotatable bonds is 2. The minimum Gasteiger partial charge on any atom is -0.0999 e. The SMILES string of the molecule is C=C1CCCC(C/C=C/C)CC1. The Kier molecular flexibility index (Phi) is 4.13. The molecule has 1 aliphatic rings. The molecule has 0 saturated heterocycles. The Labute approximate surface area is 76.4 Å². The van der Waals surface area contributed by atoms with Crippen LogP contribution in [-0.4, -0.2) is 0 Å². The Morgan fingerprint density at radius 2 is 2.25 bits per heavy atom. The smallest absolute Gasteiger partial charge is 0.0320 e. The minimum absolute atomic E-state index is 0.931. The van der Waals surface area contributed by atoms with Gasteiger partial charge in [-0.2, -0.15) is 0 Å². The Morgan fingerprint density at radius 1 is 1.42 bits per heavy atom. The maximum absolute atomic E-state index is 4.07. The molecule has 0 aromatic rings. The minimum atomic E-state index is 0.931. The van der Waals surface area contributed by atoms with Gasteiger partial charge in [0.15, 0.2) is 0 Å². The van der Waals surface area contributed by atoms with Crippen LogP contribution < -0.4 is 0 Å². The number of hydrogen-bond donors (Lipinski definition) is 0. The maximum Gasteiger partial charge on any atom is -0.0320 e. The second kappa shape index (κ2) is 5.18. The van der Waals surface area contributed by atoms with Gasteiger partial charge in [0.25, 0.3) is 0 Å². The van der Waals surface area contributed by atoms with Crippen molar-refractivity contribution in [1.82, 2.24) is 0 Å². The van der Waals surface area contributed by atoms with Crippen LogP contribution in [0.25, 0.3) is 0 Å². The standard InChI is InChI=1S/C12H20/c1-3-4-7-12-8-5-6-11(2)9-10-12/h3-4,12H,2,5-10H2,1H3/b4-3+. The van der Waals surface area contributed by atoms with E-state index in [-0.39, 0.29) is 0 Å². The topological polar surface area (TPSA) is 0 Å². The van der Waals surface area contributed by atoms with E-state index in [4.69, 9.17) is 0 Å². The van der Waals surface area contributed by atoms with E-state index in [0.29, 0.717) is 0 Å². The van der Waals surface area contributed by atoms with Crippen LogP contribution in [0.5, 0.6) is 0 Å². The van der Waals surface area contributed by atoms with Crippen molar-refractivity contribution >= 4 is 0 Å². The highest BCUT2D eigenvalue weighted by Crippen LogP contribution is 2.27. The van der Waals surface area contributed by atoms with Gasteiger partial charge in [-0.05, 0) is 51.4 Å². The van der Waals surface area contributed by atoms with Gasteiger partial charge in [0, 0.05) is 0 Å². The summed E-state index contributed by atoms with van der Waals surface area (Å²) < 4.78 is 0. The van der Waals surface area contributed by atoms with Gasteiger partial charge in [0.2, 0.25) is 0 Å². The third kappa shape index (κ3) is 3.25. The maximum atomic E-state index is 4.07. The van der Waals surface area contributed by atoms with Crippen LogP contribution in [0, 0.1) is 5.92 Å². The monoisotopic (exact) mass is 164 g/mol. The first-order valence-electron chi connectivity index (χ1n) is 5.10. The lowest BCUT2D eigenvalue weighted by molar-refractivity contribution is 0.468. The van der Waals surface area contributed by atoms with Gasteiger partial charge in [-0.25, -0.2) is 0 Å². The Morgan fingerprint density at radius 3 is 3.00 bits per heavy atom. The molecule has 0 aromatic heterocycles. The molecular formula is C12H20. The molecule has 0 heterocycles. The first kappa shape index (κ1) is 9.57. The summed E-state index contributed by atoms with van der Waals surface area (Å²) in [7, 11) is 0. The molecule has 0 nitrogen and oxygen atoms in total. The molecule has 1 saturated carbocycles. The largest absolute Gasteiger partial charge is 0.0999 e. The molecule has 0 aromatic carbocycles. The Balaban J connectivity index is 2.30. The average Bonchev–Trinajstić information content (AvgIpc) is 2.27. The fraction of sp³-hybridized carbons (Fsp3) is 0.667. The van der Waals surface area contributed by atoms with Crippen molar-refractivity contribution in [1.29, 1.82) is 0 Å². The molecule has 0 radical (unpaired) electrons. The molecule has 0 N–H and O–H groups in total. The summed E-state index contributed by atoms with van der Waals surface area (Å²) in [5, 5.41) is 0. The quantitative estimate of drug-likeness (QED) is 0.426. The van der Waals surface area contributed by atoms with Crippen LogP contribution in [0.1, 0.15) is 45.4 Å². The highest BCUT2D eigenvalue weighted by Gasteiger charge is 2.11. The second-order valence-electron chi connectivity index (χ2n) is 3.85. The van der Waals surface area contributed by atoms with Gasteiger partial charge in [-0.3, -0.25) is 0 Å². The Bertz CT molecular complexity index is 165. The van der Waals surface area contributed by atoms with Crippen molar-refractivity contribution in [2.45, 2.75) is 45.4 Å². The fourth-order valence-corrected chi connectivity index (χ4v) is 1.88. The van der Waals surface area contributed by atoms with Crippen LogP contribution in [-0.2, 0) is 0 Å². The van der Waals surface area contributed by atoms with Crippen LogP contribution in [0.15, 0.2) is 24.3 Å². The summed E-state index contributed by atoms with van der Waals surface area (Å²) in [6, 6.07) is 0. The fourth-order valence-electron chi connectivity index (χ4n) is 1.88. The van der Waals surface area contributed by atoms with Crippen LogP contribution in [0.2, 0.25) is 0 Å². The van der Waals surface area contributed by atoms with Gasteiger partial charge < -0.3 is 0 Å². The summed E-state index contributed by atoms with van der Waals surface area (Å²) in [6.45, 7) is 6.18. The zero-order chi connectivity index (χ0) is 8.81. The van der Waals surface area contributed by atoms with E-state index in [1.54, 1.807) is 0 Å². The van der Waals surface area contributed by atoms with Crippen LogP contribution in [0.4, 0.5) is 0 Å². The molecule has 0 heteroatoms. The second-order valence-corrected chi connectivity index (χ2v) is 3.85. The molecule has 1 rings (SSSR count). The summed E-state index contributed by atoms with van der Waals surface area (Å²) in [6.07, 6.45) is 12.4. The van der Waals surface area contributed by atoms with E-state index in [0.717, 1.165) is 5.92 Å². The average molecular weight is 164 g/mol. The van der Waals surface area contributed by atoms with Crippen molar-refractivity contribution in [3.05, 3.63) is 24.3 Å². The van der Waals surface area contributed by atoms with Crippen LogP contribution >= 0.6 is 0 Å². The van der Waals surface area contributed by atoms with Crippen molar-refractivity contribution in [2.75, 3.05) is 0 Å². The van der Waals surface area contributed by atoms with E-state index in [2.05, 4.69) is 25.7 Å². The van der Waals surface area contributed by atoms with Crippen molar-refractivity contribution in [2.24, 2.45) is 5.92 Å². The highest BCUT2D eigenvalue weighted by atomic mass is 14.2. The zero-order valence-corrected chi connectivity index (χ0v) is 8.18. The van der Waals surface area contributed by atoms with Crippen LogP contribution in [0.3, 0.4) is 0 Å². The van der Waals surface area contributed by atoms with E-state index < -0.39 is 0 Å². The van der Waals surface area contributed by atoms with E-state index in [1.165, 1.54) is 44.1 Å². The molecule has 0 spiro atoms. The summed E-state index contributed by atoms with van der Waals surface area (Å²) in [5.74, 6) is 0.931. The molecule has 1 unspecified atom stereocenters. The van der Waals surface area contributed by atoms with Crippen molar-refractivity contribution in [3.8, 4) is 0 Å². The highest BCUT2D eigenvalue weighted by molar-refractivity contribution is 4.97. The summed E-state index contributed by atoms with van der Waals surface area (Å²) in [5.41, 5.74) is 1.47. The lowest BCUT2D eigenvalue weighted by atomic mass is 9.96. The van der Waals surface area contributed by atoms with E-state index in [1.807, 2.05) is 0 Å². The summed E-state index contributed by atoms with van der Waals surface area (Å²) in [4.78, 5) is 0. The molecule has 0 aliphatic heterocycles. The van der Waals surface area contributed by atoms with Gasteiger partial charge in [-0.15, -0.1) is 0 Å². The first-order chi connectivity index (χ1) is 5.83. The third-order valence-electron chi connectivity index (χ3n) is 2.75. The molecule has 0 bridgehead atoms. The molecule has 68 valence electrons. The molecule has 0 amide bonds. The summed E-state index contributed by atoms with van der Waals surface area (Å²) >= 11 is 0. The number of hydrogen-bond acceptors (Lipinski definition) is 0. The predicted molar refractivity (Wildman–Crippen MR) is 55.1 cm³/mol. The molecule has 1 aliphatic carbocycles. The lowest BCUT2D eigenvalue weighted by Gasteiger charge is -2.09. The van der Waals surface area contributed by atoms with Crippen molar-refractivity contribution in [3.63, 3.8) is 0 Å². The van der Waals surface area contributed by atoms with E-state index in [9.17, 15) is 0 Å². The van der Waals surface area contributed by atoms with Gasteiger partial charge in [0.1, 0.15) is 0 Å². The molecular weight excluding hydrogens is 144 g/mol. The van der Waals surface area contributed by atoms with Gasteiger partial charge >= 0.3 is 0 Å². The first-order valence-corrected chi connectivity index (χ1v) is 5.10. The van der Waals surface area contributed by atoms with Gasteiger partial charge in [0.05, 0.1) is 0 Å².